The third-order valence-corrected chi connectivity index (χ3v) is 3.82. The molecule has 0 aromatic heterocycles. The van der Waals surface area contributed by atoms with E-state index in [1.165, 1.54) is 17.7 Å². The van der Waals surface area contributed by atoms with Crippen LogP contribution in [0.2, 0.25) is 0 Å². The van der Waals surface area contributed by atoms with Crippen LogP contribution in [0, 0.1) is 5.92 Å². The van der Waals surface area contributed by atoms with Gasteiger partial charge in [0.2, 0.25) is 0 Å². The minimum Gasteiger partial charge on any atom is -0.391 e. The fourth-order valence-electron chi connectivity index (χ4n) is 2.45. The van der Waals surface area contributed by atoms with Gasteiger partial charge in [-0.15, -0.1) is 0 Å². The van der Waals surface area contributed by atoms with Gasteiger partial charge in [-0.05, 0) is 37.3 Å². The van der Waals surface area contributed by atoms with Crippen LogP contribution >= 0.6 is 0 Å². The van der Waals surface area contributed by atoms with E-state index in [4.69, 9.17) is 0 Å². The van der Waals surface area contributed by atoms with Crippen LogP contribution in [0.3, 0.4) is 0 Å². The van der Waals surface area contributed by atoms with Crippen molar-refractivity contribution in [3.8, 4) is 0 Å². The molecule has 2 unspecified atom stereocenters. The molecule has 1 N–H and O–H groups in total. The highest BCUT2D eigenvalue weighted by Crippen LogP contribution is 2.30. The molecule has 0 saturated carbocycles. The molecule has 1 aromatic carbocycles. The first-order valence-electron chi connectivity index (χ1n) is 6.62. The molecule has 2 nitrogen and oxygen atoms in total. The molecule has 94 valence electrons. The highest BCUT2D eigenvalue weighted by molar-refractivity contribution is 5.56. The topological polar surface area (TPSA) is 23.5 Å². The summed E-state index contributed by atoms with van der Waals surface area (Å²) in [5.74, 6) is 0.316. The van der Waals surface area contributed by atoms with Crippen LogP contribution in [0.25, 0.3) is 0 Å². The van der Waals surface area contributed by atoms with Crippen LogP contribution in [-0.4, -0.2) is 23.8 Å². The summed E-state index contributed by atoms with van der Waals surface area (Å²) in [4.78, 5) is 2.36. The Hall–Kier alpha value is -1.02. The Bertz CT molecular complexity index is 375. The number of hydrogen-bond acceptors (Lipinski definition) is 2. The van der Waals surface area contributed by atoms with Crippen LogP contribution in [0.5, 0.6) is 0 Å². The highest BCUT2D eigenvalue weighted by atomic mass is 16.3. The first kappa shape index (κ1) is 12.4. The molecule has 0 amide bonds. The Morgan fingerprint density at radius 1 is 1.35 bits per heavy atom. The highest BCUT2D eigenvalue weighted by Gasteiger charge is 2.25. The lowest BCUT2D eigenvalue weighted by molar-refractivity contribution is 0.128. The standard InChI is InChI=1S/C15H23NO/c1-11(2)15(17)10-16-12(3)8-9-13-6-4-5-7-14(13)16/h4-7,11-12,15,17H,8-10H2,1-3H3. The van der Waals surface area contributed by atoms with E-state index in [1.807, 2.05) is 0 Å². The smallest absolute Gasteiger partial charge is 0.0738 e. The Morgan fingerprint density at radius 2 is 2.06 bits per heavy atom. The van der Waals surface area contributed by atoms with E-state index in [0.29, 0.717) is 12.0 Å². The first-order chi connectivity index (χ1) is 8.09. The van der Waals surface area contributed by atoms with Crippen molar-refractivity contribution in [1.82, 2.24) is 0 Å². The van der Waals surface area contributed by atoms with Gasteiger partial charge in [-0.2, -0.15) is 0 Å². The molecule has 2 atom stereocenters. The second-order valence-corrected chi connectivity index (χ2v) is 5.48. The molecule has 2 rings (SSSR count). The van der Waals surface area contributed by atoms with E-state index in [2.05, 4.69) is 49.9 Å². The van der Waals surface area contributed by atoms with Gasteiger partial charge < -0.3 is 10.0 Å². The summed E-state index contributed by atoms with van der Waals surface area (Å²) in [5.41, 5.74) is 2.73. The van der Waals surface area contributed by atoms with Gasteiger partial charge in [-0.3, -0.25) is 0 Å². The van der Waals surface area contributed by atoms with Gasteiger partial charge >= 0.3 is 0 Å². The predicted octanol–water partition coefficient (Wildman–Crippen LogP) is 2.84. The van der Waals surface area contributed by atoms with Crippen molar-refractivity contribution in [2.75, 3.05) is 11.4 Å². The molecule has 0 saturated heterocycles. The zero-order chi connectivity index (χ0) is 12.4. The van der Waals surface area contributed by atoms with Gasteiger partial charge in [0.05, 0.1) is 6.10 Å². The van der Waals surface area contributed by atoms with Crippen molar-refractivity contribution < 1.29 is 5.11 Å². The third kappa shape index (κ3) is 2.63. The summed E-state index contributed by atoms with van der Waals surface area (Å²) in [6.45, 7) is 7.15. The van der Waals surface area contributed by atoms with Gasteiger partial charge in [0, 0.05) is 18.3 Å². The summed E-state index contributed by atoms with van der Waals surface area (Å²) in [6, 6.07) is 9.10. The van der Waals surface area contributed by atoms with E-state index in [9.17, 15) is 5.11 Å². The van der Waals surface area contributed by atoms with Gasteiger partial charge in [-0.1, -0.05) is 32.0 Å². The summed E-state index contributed by atoms with van der Waals surface area (Å²) >= 11 is 0. The maximum Gasteiger partial charge on any atom is 0.0738 e. The monoisotopic (exact) mass is 233 g/mol. The first-order valence-corrected chi connectivity index (χ1v) is 6.62. The lowest BCUT2D eigenvalue weighted by Crippen LogP contribution is -2.43. The number of aliphatic hydroxyl groups is 1. The van der Waals surface area contributed by atoms with Crippen LogP contribution in [0.1, 0.15) is 32.8 Å². The Morgan fingerprint density at radius 3 is 2.76 bits per heavy atom. The minimum atomic E-state index is -0.247. The quantitative estimate of drug-likeness (QED) is 0.867. The largest absolute Gasteiger partial charge is 0.391 e. The lowest BCUT2D eigenvalue weighted by atomic mass is 9.95. The summed E-state index contributed by atoms with van der Waals surface area (Å²) < 4.78 is 0. The van der Waals surface area contributed by atoms with Crippen LogP contribution in [0.4, 0.5) is 5.69 Å². The maximum absolute atomic E-state index is 10.1. The molecule has 2 heteroatoms. The average molecular weight is 233 g/mol. The SMILES string of the molecule is CC(C)C(O)CN1c2ccccc2CCC1C. The Balaban J connectivity index is 2.21. The number of hydrogen-bond donors (Lipinski definition) is 1. The Kier molecular flexibility index (Phi) is 3.72. The van der Waals surface area contributed by atoms with Crippen molar-refractivity contribution in [3.63, 3.8) is 0 Å². The van der Waals surface area contributed by atoms with Gasteiger partial charge in [-0.25, -0.2) is 0 Å². The minimum absolute atomic E-state index is 0.247. The molecule has 1 heterocycles. The molecular formula is C15H23NO. The number of anilines is 1. The average Bonchev–Trinajstić information content (AvgIpc) is 2.32. The van der Waals surface area contributed by atoms with Crippen molar-refractivity contribution in [1.29, 1.82) is 0 Å². The second kappa shape index (κ2) is 5.09. The van der Waals surface area contributed by atoms with Crippen LogP contribution < -0.4 is 4.90 Å². The van der Waals surface area contributed by atoms with Crippen LogP contribution in [0.15, 0.2) is 24.3 Å². The number of fused-ring (bicyclic) bond motifs is 1. The number of benzene rings is 1. The second-order valence-electron chi connectivity index (χ2n) is 5.48. The van der Waals surface area contributed by atoms with Gasteiger partial charge in [0.25, 0.3) is 0 Å². The zero-order valence-electron chi connectivity index (χ0n) is 11.1. The van der Waals surface area contributed by atoms with Gasteiger partial charge in [0.1, 0.15) is 0 Å². The fourth-order valence-corrected chi connectivity index (χ4v) is 2.45. The summed E-state index contributed by atoms with van der Waals surface area (Å²) in [6.07, 6.45) is 2.09. The molecule has 0 aliphatic carbocycles. The summed E-state index contributed by atoms with van der Waals surface area (Å²) in [7, 11) is 0. The predicted molar refractivity (Wildman–Crippen MR) is 72.4 cm³/mol. The van der Waals surface area contributed by atoms with E-state index in [-0.39, 0.29) is 6.10 Å². The molecule has 0 radical (unpaired) electrons. The number of β-amino-alcohol motifs (C(OH)–C–C–N with tert-alkyl or cyclic N) is 1. The van der Waals surface area contributed by atoms with Crippen molar-refractivity contribution in [2.45, 2.75) is 45.8 Å². The van der Waals surface area contributed by atoms with E-state index < -0.39 is 0 Å². The third-order valence-electron chi connectivity index (χ3n) is 3.82. The van der Waals surface area contributed by atoms with Crippen molar-refractivity contribution in [2.24, 2.45) is 5.92 Å². The number of rotatable bonds is 3. The van der Waals surface area contributed by atoms with E-state index >= 15 is 0 Å². The molecule has 0 fully saturated rings. The maximum atomic E-state index is 10.1. The molecule has 1 aliphatic heterocycles. The van der Waals surface area contributed by atoms with E-state index in [1.54, 1.807) is 0 Å². The molecule has 1 aromatic rings. The molecular weight excluding hydrogens is 210 g/mol. The molecule has 1 aliphatic rings. The van der Waals surface area contributed by atoms with Crippen molar-refractivity contribution in [3.05, 3.63) is 29.8 Å². The molecule has 0 spiro atoms. The molecule has 17 heavy (non-hydrogen) atoms. The zero-order valence-corrected chi connectivity index (χ0v) is 11.1. The Labute approximate surface area is 104 Å². The van der Waals surface area contributed by atoms with Crippen LogP contribution in [-0.2, 0) is 6.42 Å². The normalized spacial score (nSPS) is 21.5. The van der Waals surface area contributed by atoms with Gasteiger partial charge in [0.15, 0.2) is 0 Å². The number of aryl methyl sites for hydroxylation is 1. The lowest BCUT2D eigenvalue weighted by Gasteiger charge is -2.39. The molecule has 0 bridgehead atoms. The number of nitrogens with zero attached hydrogens (tertiary/aromatic N) is 1. The number of aliphatic hydroxyl groups excluding tert-OH is 1. The summed E-state index contributed by atoms with van der Waals surface area (Å²) in [5, 5.41) is 10.1. The van der Waals surface area contributed by atoms with Crippen molar-refractivity contribution >= 4 is 5.69 Å². The number of para-hydroxylation sites is 1. The van der Waals surface area contributed by atoms with E-state index in [0.717, 1.165) is 13.0 Å². The fraction of sp³-hybridized carbons (Fsp3) is 0.600.